The molecule has 0 heterocycles. The maximum atomic E-state index is 12.1. The van der Waals surface area contributed by atoms with Crippen molar-refractivity contribution >= 4 is 23.4 Å². The van der Waals surface area contributed by atoms with E-state index in [1.165, 1.54) is 4.90 Å². The highest BCUT2D eigenvalue weighted by Crippen LogP contribution is 2.27. The second-order valence-corrected chi connectivity index (χ2v) is 5.12. The third-order valence-electron chi connectivity index (χ3n) is 3.19. The Bertz CT molecular complexity index is 495. The number of carbonyl (C=O) groups is 2. The molecule has 1 fully saturated rings. The van der Waals surface area contributed by atoms with Crippen LogP contribution in [0, 0.1) is 0 Å². The molecule has 0 saturated heterocycles. The molecule has 1 aliphatic rings. The summed E-state index contributed by atoms with van der Waals surface area (Å²) in [6, 6.07) is 7.11. The topological polar surface area (TPSA) is 72.9 Å². The molecule has 2 N–H and O–H groups in total. The summed E-state index contributed by atoms with van der Waals surface area (Å²) < 4.78 is 0. The number of carboxylic acids is 1. The van der Waals surface area contributed by atoms with Crippen LogP contribution in [0.1, 0.15) is 12.8 Å². The smallest absolute Gasteiger partial charge is 0.323 e. The first kappa shape index (κ1) is 14.2. The van der Waals surface area contributed by atoms with Crippen molar-refractivity contribution in [3.05, 3.63) is 24.3 Å². The van der Waals surface area contributed by atoms with Crippen molar-refractivity contribution in [1.82, 2.24) is 4.90 Å². The Labute approximate surface area is 118 Å². The first-order chi connectivity index (χ1) is 9.47. The summed E-state index contributed by atoms with van der Waals surface area (Å²) in [5.41, 5.74) is 1.70. The molecule has 0 spiro atoms. The molecule has 2 amide bonds. The van der Waals surface area contributed by atoms with Crippen LogP contribution in [0.4, 0.5) is 16.2 Å². The van der Waals surface area contributed by atoms with Crippen molar-refractivity contribution < 1.29 is 14.7 Å². The van der Waals surface area contributed by atoms with Gasteiger partial charge in [0.25, 0.3) is 0 Å². The van der Waals surface area contributed by atoms with Gasteiger partial charge in [0.1, 0.15) is 6.54 Å². The Morgan fingerprint density at radius 1 is 1.25 bits per heavy atom. The maximum absolute atomic E-state index is 12.1. The van der Waals surface area contributed by atoms with Crippen LogP contribution >= 0.6 is 0 Å². The lowest BCUT2D eigenvalue weighted by Crippen LogP contribution is -2.40. The zero-order valence-electron chi connectivity index (χ0n) is 11.7. The van der Waals surface area contributed by atoms with Gasteiger partial charge in [-0.15, -0.1) is 0 Å². The molecule has 1 aromatic carbocycles. The molecule has 1 aliphatic carbocycles. The van der Waals surface area contributed by atoms with E-state index in [1.807, 2.05) is 31.1 Å². The normalized spacial score (nSPS) is 13.7. The number of rotatable bonds is 5. The van der Waals surface area contributed by atoms with Crippen LogP contribution in [0.15, 0.2) is 24.3 Å². The van der Waals surface area contributed by atoms with Crippen molar-refractivity contribution in [1.29, 1.82) is 0 Å². The van der Waals surface area contributed by atoms with Crippen molar-refractivity contribution in [2.24, 2.45) is 0 Å². The first-order valence-corrected chi connectivity index (χ1v) is 6.54. The van der Waals surface area contributed by atoms with Crippen molar-refractivity contribution in [2.45, 2.75) is 18.9 Å². The molecule has 0 aromatic heterocycles. The van der Waals surface area contributed by atoms with E-state index in [0.717, 1.165) is 18.5 Å². The monoisotopic (exact) mass is 277 g/mol. The largest absolute Gasteiger partial charge is 0.480 e. The molecule has 0 bridgehead atoms. The number of aliphatic carboxylic acids is 1. The molecule has 0 atom stereocenters. The second-order valence-electron chi connectivity index (χ2n) is 5.12. The number of benzene rings is 1. The van der Waals surface area contributed by atoms with E-state index in [2.05, 4.69) is 5.32 Å². The zero-order valence-corrected chi connectivity index (χ0v) is 11.7. The molecule has 2 rings (SSSR count). The minimum atomic E-state index is -0.991. The molecular formula is C14H19N3O3. The number of hydrogen-bond donors (Lipinski definition) is 2. The molecule has 108 valence electrons. The van der Waals surface area contributed by atoms with E-state index in [0.29, 0.717) is 5.69 Å². The Balaban J connectivity index is 2.00. The SMILES string of the molecule is CN(C)c1ccc(NC(=O)N(CC(=O)O)C2CC2)cc1. The average Bonchev–Trinajstić information content (AvgIpc) is 3.20. The summed E-state index contributed by atoms with van der Waals surface area (Å²) in [6.45, 7) is -0.258. The van der Waals surface area contributed by atoms with Crippen LogP contribution in [0.25, 0.3) is 0 Å². The quantitative estimate of drug-likeness (QED) is 0.861. The summed E-state index contributed by atoms with van der Waals surface area (Å²) in [6.07, 6.45) is 1.75. The minimum absolute atomic E-state index is 0.0622. The predicted molar refractivity (Wildman–Crippen MR) is 77.2 cm³/mol. The molecule has 1 aromatic rings. The van der Waals surface area contributed by atoms with Gasteiger partial charge in [-0.2, -0.15) is 0 Å². The summed E-state index contributed by atoms with van der Waals surface area (Å²) in [7, 11) is 3.88. The number of carboxylic acid groups (broad SMARTS) is 1. The fraction of sp³-hybridized carbons (Fsp3) is 0.429. The van der Waals surface area contributed by atoms with Gasteiger partial charge in [-0.3, -0.25) is 4.79 Å². The lowest BCUT2D eigenvalue weighted by atomic mass is 10.2. The van der Waals surface area contributed by atoms with Crippen LogP contribution in [-0.4, -0.2) is 48.7 Å². The number of hydrogen-bond acceptors (Lipinski definition) is 3. The van der Waals surface area contributed by atoms with E-state index in [1.54, 1.807) is 12.1 Å². The Morgan fingerprint density at radius 3 is 2.30 bits per heavy atom. The molecule has 20 heavy (non-hydrogen) atoms. The highest BCUT2D eigenvalue weighted by Gasteiger charge is 2.33. The van der Waals surface area contributed by atoms with Crippen LogP contribution < -0.4 is 10.2 Å². The lowest BCUT2D eigenvalue weighted by Gasteiger charge is -2.21. The first-order valence-electron chi connectivity index (χ1n) is 6.54. The highest BCUT2D eigenvalue weighted by atomic mass is 16.4. The van der Waals surface area contributed by atoms with E-state index in [-0.39, 0.29) is 18.6 Å². The van der Waals surface area contributed by atoms with Crippen molar-refractivity contribution in [2.75, 3.05) is 30.9 Å². The molecule has 0 aliphatic heterocycles. The van der Waals surface area contributed by atoms with Crippen molar-refractivity contribution in [3.63, 3.8) is 0 Å². The number of nitrogens with one attached hydrogen (secondary N) is 1. The highest BCUT2D eigenvalue weighted by molar-refractivity contribution is 5.92. The Morgan fingerprint density at radius 2 is 1.85 bits per heavy atom. The number of carbonyl (C=O) groups excluding carboxylic acids is 1. The minimum Gasteiger partial charge on any atom is -0.480 e. The molecule has 6 heteroatoms. The third-order valence-corrected chi connectivity index (χ3v) is 3.19. The third kappa shape index (κ3) is 3.63. The van der Waals surface area contributed by atoms with Gasteiger partial charge >= 0.3 is 12.0 Å². The number of urea groups is 1. The van der Waals surface area contributed by atoms with E-state index in [4.69, 9.17) is 5.11 Å². The fourth-order valence-corrected chi connectivity index (χ4v) is 1.94. The van der Waals surface area contributed by atoms with Crippen LogP contribution in [0.3, 0.4) is 0 Å². The van der Waals surface area contributed by atoms with Crippen LogP contribution in [0.5, 0.6) is 0 Å². The molecule has 1 saturated carbocycles. The van der Waals surface area contributed by atoms with Gasteiger partial charge in [-0.25, -0.2) is 4.79 Å². The molecule has 0 unspecified atom stereocenters. The molecule has 0 radical (unpaired) electrons. The lowest BCUT2D eigenvalue weighted by molar-refractivity contribution is -0.137. The van der Waals surface area contributed by atoms with Gasteiger partial charge < -0.3 is 20.2 Å². The fourth-order valence-electron chi connectivity index (χ4n) is 1.94. The van der Waals surface area contributed by atoms with Crippen LogP contribution in [-0.2, 0) is 4.79 Å². The Hall–Kier alpha value is -2.24. The second kappa shape index (κ2) is 5.81. The summed E-state index contributed by atoms with van der Waals surface area (Å²) in [5.74, 6) is -0.991. The van der Waals surface area contributed by atoms with Gasteiger partial charge in [-0.05, 0) is 37.1 Å². The number of amides is 2. The van der Waals surface area contributed by atoms with Gasteiger partial charge in [0.2, 0.25) is 0 Å². The summed E-state index contributed by atoms with van der Waals surface area (Å²) in [4.78, 5) is 26.2. The van der Waals surface area contributed by atoms with Gasteiger partial charge in [0, 0.05) is 31.5 Å². The van der Waals surface area contributed by atoms with E-state index >= 15 is 0 Å². The standard InChI is InChI=1S/C14H19N3O3/c1-16(2)11-5-3-10(4-6-11)15-14(20)17(9-13(18)19)12-7-8-12/h3-6,12H,7-9H2,1-2H3,(H,15,20)(H,18,19). The Kier molecular flexibility index (Phi) is 4.12. The molecular weight excluding hydrogens is 258 g/mol. The average molecular weight is 277 g/mol. The summed E-state index contributed by atoms with van der Waals surface area (Å²) in [5, 5.41) is 11.6. The number of nitrogens with zero attached hydrogens (tertiary/aromatic N) is 2. The van der Waals surface area contributed by atoms with Crippen molar-refractivity contribution in [3.8, 4) is 0 Å². The zero-order chi connectivity index (χ0) is 14.7. The van der Waals surface area contributed by atoms with Gasteiger partial charge in [0.15, 0.2) is 0 Å². The summed E-state index contributed by atoms with van der Waals surface area (Å²) >= 11 is 0. The number of anilines is 2. The van der Waals surface area contributed by atoms with Crippen LogP contribution in [0.2, 0.25) is 0 Å². The molecule has 6 nitrogen and oxygen atoms in total. The predicted octanol–water partition coefficient (Wildman–Crippen LogP) is 1.83. The van der Waals surface area contributed by atoms with E-state index in [9.17, 15) is 9.59 Å². The maximum Gasteiger partial charge on any atom is 0.323 e. The van der Waals surface area contributed by atoms with Gasteiger partial charge in [0.05, 0.1) is 0 Å². The van der Waals surface area contributed by atoms with Gasteiger partial charge in [-0.1, -0.05) is 0 Å². The van der Waals surface area contributed by atoms with E-state index < -0.39 is 5.97 Å².